The van der Waals surface area contributed by atoms with Crippen LogP contribution in [0.3, 0.4) is 0 Å². The molecule has 1 saturated carbocycles. The zero-order chi connectivity index (χ0) is 23.6. The van der Waals surface area contributed by atoms with E-state index in [0.717, 1.165) is 16.5 Å². The van der Waals surface area contributed by atoms with Gasteiger partial charge in [-0.25, -0.2) is 0 Å². The van der Waals surface area contributed by atoms with Crippen molar-refractivity contribution >= 4 is 28.3 Å². The molecule has 5 rings (SSSR count). The first kappa shape index (κ1) is 22.1. The number of rotatable bonds is 2. The SMILES string of the molecule is C=CC1(C)C(Cl)CC2C(C)(C)c3cccc4[nH]c5c(c34)C2(O)C1([N-]C)C(O)C(=O)C5(C)C. The van der Waals surface area contributed by atoms with Crippen molar-refractivity contribution in [3.8, 4) is 0 Å². The van der Waals surface area contributed by atoms with Gasteiger partial charge in [0.2, 0.25) is 0 Å². The van der Waals surface area contributed by atoms with E-state index in [0.29, 0.717) is 17.7 Å². The fourth-order valence-corrected chi connectivity index (χ4v) is 7.95. The third kappa shape index (κ3) is 1.95. The summed E-state index contributed by atoms with van der Waals surface area (Å²) >= 11 is 7.06. The van der Waals surface area contributed by atoms with E-state index in [1.807, 2.05) is 32.9 Å². The van der Waals surface area contributed by atoms with Crippen molar-refractivity contribution in [1.29, 1.82) is 0 Å². The third-order valence-electron chi connectivity index (χ3n) is 9.43. The number of hydrogen-bond acceptors (Lipinski definition) is 3. The summed E-state index contributed by atoms with van der Waals surface area (Å²) in [6, 6.07) is 6.09. The van der Waals surface area contributed by atoms with Crippen molar-refractivity contribution < 1.29 is 15.0 Å². The zero-order valence-corrected chi connectivity index (χ0v) is 20.3. The molecule has 6 heteroatoms. The van der Waals surface area contributed by atoms with Crippen LogP contribution in [0.25, 0.3) is 16.2 Å². The molecular weight excluding hydrogens is 424 g/mol. The molecule has 2 aromatic rings. The third-order valence-corrected chi connectivity index (χ3v) is 10.1. The van der Waals surface area contributed by atoms with Crippen LogP contribution in [0.5, 0.6) is 0 Å². The van der Waals surface area contributed by atoms with Gasteiger partial charge in [-0.2, -0.15) is 7.05 Å². The number of aliphatic hydroxyl groups excluding tert-OH is 1. The number of nitrogens with zero attached hydrogens (tertiary/aromatic N) is 1. The number of aromatic amines is 1. The maximum Gasteiger partial charge on any atom is 0.171 e. The number of Topliss-reactive ketones (excluding diaryl/α,β-unsaturated/α-hetero) is 1. The summed E-state index contributed by atoms with van der Waals surface area (Å²) in [5.41, 5.74) is -2.49. The Morgan fingerprint density at radius 3 is 2.50 bits per heavy atom. The van der Waals surface area contributed by atoms with Crippen molar-refractivity contribution in [3.63, 3.8) is 0 Å². The lowest BCUT2D eigenvalue weighted by Gasteiger charge is -2.73. The Morgan fingerprint density at radius 1 is 1.25 bits per heavy atom. The molecule has 32 heavy (non-hydrogen) atoms. The molecule has 1 aromatic carbocycles. The Hall–Kier alpha value is -1.66. The second-order valence-corrected chi connectivity index (χ2v) is 11.7. The average Bonchev–Trinajstić information content (AvgIpc) is 3.14. The van der Waals surface area contributed by atoms with Gasteiger partial charge in [-0.1, -0.05) is 39.0 Å². The van der Waals surface area contributed by atoms with Gasteiger partial charge in [0.1, 0.15) is 6.10 Å². The summed E-state index contributed by atoms with van der Waals surface area (Å²) in [4.78, 5) is 17.4. The standard InChI is InChI=1S/C26H32ClN2O3/c1-8-24(6)16(27)12-15-22(2,3)13-10-9-11-14-17(13)18-19(29-14)23(4,5)20(30)21(31)26(24,28-7)25(15,18)32/h8-11,15-16,21,29,31-32H,1,12H2,2-7H3/q-1. The molecule has 6 unspecified atom stereocenters. The molecule has 172 valence electrons. The maximum absolute atomic E-state index is 13.9. The fourth-order valence-electron chi connectivity index (χ4n) is 7.52. The van der Waals surface area contributed by atoms with Crippen LogP contribution >= 0.6 is 11.6 Å². The predicted molar refractivity (Wildman–Crippen MR) is 127 cm³/mol. The minimum atomic E-state index is -1.63. The van der Waals surface area contributed by atoms with E-state index in [-0.39, 0.29) is 11.7 Å². The molecule has 1 aromatic heterocycles. The lowest BCUT2D eigenvalue weighted by molar-refractivity contribution is -0.194. The molecule has 0 bridgehead atoms. The van der Waals surface area contributed by atoms with Crippen molar-refractivity contribution in [1.82, 2.24) is 4.98 Å². The number of benzene rings is 1. The summed E-state index contributed by atoms with van der Waals surface area (Å²) in [5.74, 6) is -0.760. The molecule has 3 N–H and O–H groups in total. The summed E-state index contributed by atoms with van der Waals surface area (Å²) < 4.78 is 0. The van der Waals surface area contributed by atoms with Crippen molar-refractivity contribution in [3.05, 3.63) is 53.0 Å². The molecule has 0 saturated heterocycles. The number of alkyl halides is 1. The van der Waals surface area contributed by atoms with E-state index in [9.17, 15) is 15.0 Å². The normalized spacial score (nSPS) is 41.4. The largest absolute Gasteiger partial charge is 0.654 e. The molecule has 0 spiro atoms. The van der Waals surface area contributed by atoms with Gasteiger partial charge in [-0.3, -0.25) is 4.79 Å². The van der Waals surface area contributed by atoms with Gasteiger partial charge in [0.15, 0.2) is 5.78 Å². The second-order valence-electron chi connectivity index (χ2n) is 11.2. The van der Waals surface area contributed by atoms with Gasteiger partial charge in [0, 0.05) is 33.5 Å². The Morgan fingerprint density at radius 2 is 1.91 bits per heavy atom. The molecule has 6 atom stereocenters. The van der Waals surface area contributed by atoms with Gasteiger partial charge in [-0.15, -0.1) is 18.2 Å². The monoisotopic (exact) mass is 455 g/mol. The van der Waals surface area contributed by atoms with Crippen LogP contribution < -0.4 is 0 Å². The first-order chi connectivity index (χ1) is 14.8. The smallest absolute Gasteiger partial charge is 0.171 e. The number of aliphatic hydroxyl groups is 2. The Labute approximate surface area is 194 Å². The number of carbonyl (C=O) groups is 1. The van der Waals surface area contributed by atoms with Crippen molar-refractivity contribution in [2.24, 2.45) is 11.3 Å². The van der Waals surface area contributed by atoms with Crippen LogP contribution in [0.15, 0.2) is 30.9 Å². The van der Waals surface area contributed by atoms with Crippen molar-refractivity contribution in [2.75, 3.05) is 7.05 Å². The lowest BCUT2D eigenvalue weighted by atomic mass is 9.42. The molecule has 3 aliphatic rings. The average molecular weight is 456 g/mol. The fraction of sp³-hybridized carbons (Fsp3) is 0.577. The number of ketones is 1. The van der Waals surface area contributed by atoms with Crippen molar-refractivity contribution in [2.45, 2.75) is 74.5 Å². The number of carbonyl (C=O) groups excluding carboxylic acids is 1. The number of halogens is 1. The van der Waals surface area contributed by atoms with E-state index in [1.165, 1.54) is 0 Å². The lowest BCUT2D eigenvalue weighted by Crippen LogP contribution is -2.76. The van der Waals surface area contributed by atoms with Gasteiger partial charge < -0.3 is 20.5 Å². The summed E-state index contributed by atoms with van der Waals surface area (Å²) in [5, 5.41) is 30.1. The van der Waals surface area contributed by atoms with Crippen LogP contribution in [0.2, 0.25) is 0 Å². The Kier molecular flexibility index (Phi) is 4.20. The first-order valence-electron chi connectivity index (χ1n) is 11.3. The highest BCUT2D eigenvalue weighted by Crippen LogP contribution is 2.71. The van der Waals surface area contributed by atoms with Gasteiger partial charge in [0.05, 0.1) is 11.0 Å². The summed E-state index contributed by atoms with van der Waals surface area (Å²) in [6.45, 7) is 13.8. The quantitative estimate of drug-likeness (QED) is 0.462. The van der Waals surface area contributed by atoms with Crippen LogP contribution in [-0.2, 0) is 21.2 Å². The van der Waals surface area contributed by atoms with E-state index in [4.69, 9.17) is 16.9 Å². The van der Waals surface area contributed by atoms with Crippen LogP contribution in [-0.4, -0.2) is 45.0 Å². The Balaban J connectivity index is 2.09. The van der Waals surface area contributed by atoms with Crippen LogP contribution in [0.4, 0.5) is 0 Å². The molecule has 0 amide bonds. The van der Waals surface area contributed by atoms with E-state index in [2.05, 4.69) is 31.5 Å². The first-order valence-corrected chi connectivity index (χ1v) is 11.7. The number of aromatic nitrogens is 1. The predicted octanol–water partition coefficient (Wildman–Crippen LogP) is 4.43. The van der Waals surface area contributed by atoms with Gasteiger partial charge in [0.25, 0.3) is 0 Å². The van der Waals surface area contributed by atoms with E-state index in [1.54, 1.807) is 13.1 Å². The molecule has 1 fully saturated rings. The molecular formula is C26H32ClN2O3-. The molecule has 1 heterocycles. The van der Waals surface area contributed by atoms with E-state index < -0.39 is 38.9 Å². The Bertz CT molecular complexity index is 1180. The number of likely N-dealkylation sites (N-methyl/N-ethyl adjacent to an activating group) is 1. The summed E-state index contributed by atoms with van der Waals surface area (Å²) in [6.07, 6.45) is 0.612. The minimum absolute atomic E-state index is 0.377. The van der Waals surface area contributed by atoms with Crippen LogP contribution in [0, 0.1) is 11.3 Å². The molecule has 3 aliphatic carbocycles. The molecule has 0 aliphatic heterocycles. The van der Waals surface area contributed by atoms with E-state index >= 15 is 0 Å². The molecule has 5 nitrogen and oxygen atoms in total. The minimum Gasteiger partial charge on any atom is -0.654 e. The topological polar surface area (TPSA) is 87.4 Å². The highest BCUT2D eigenvalue weighted by Gasteiger charge is 2.73. The number of H-pyrrole nitrogens is 1. The highest BCUT2D eigenvalue weighted by atomic mass is 35.5. The summed E-state index contributed by atoms with van der Waals surface area (Å²) in [7, 11) is 1.58. The van der Waals surface area contributed by atoms with Crippen LogP contribution in [0.1, 0.15) is 57.9 Å². The molecule has 0 radical (unpaired) electrons. The number of nitrogens with one attached hydrogen (secondary N) is 1. The van der Waals surface area contributed by atoms with Gasteiger partial charge >= 0.3 is 0 Å². The highest BCUT2D eigenvalue weighted by molar-refractivity contribution is 6.21. The second kappa shape index (κ2) is 6.06. The van der Waals surface area contributed by atoms with Gasteiger partial charge in [-0.05, 0) is 48.3 Å². The maximum atomic E-state index is 13.9. The number of hydrogen-bond donors (Lipinski definition) is 3. The zero-order valence-electron chi connectivity index (χ0n) is 19.6.